The summed E-state index contributed by atoms with van der Waals surface area (Å²) in [6, 6.07) is 9.82. The van der Waals surface area contributed by atoms with E-state index >= 15 is 0 Å². The molecule has 0 radical (unpaired) electrons. The summed E-state index contributed by atoms with van der Waals surface area (Å²) in [5.41, 5.74) is 2.20. The van der Waals surface area contributed by atoms with Gasteiger partial charge in [0.2, 0.25) is 0 Å². The van der Waals surface area contributed by atoms with Gasteiger partial charge >= 0.3 is 0 Å². The van der Waals surface area contributed by atoms with Gasteiger partial charge in [0.1, 0.15) is 5.82 Å². The van der Waals surface area contributed by atoms with Crippen molar-refractivity contribution in [3.05, 3.63) is 59.8 Å². The Balaban J connectivity index is 1.52. The normalized spacial score (nSPS) is 17.7. The summed E-state index contributed by atoms with van der Waals surface area (Å²) in [6.07, 6.45) is 4.63. The lowest BCUT2D eigenvalue weighted by molar-refractivity contribution is 0.0950. The van der Waals surface area contributed by atoms with Crippen molar-refractivity contribution in [1.82, 2.24) is 29.8 Å². The van der Waals surface area contributed by atoms with E-state index in [-0.39, 0.29) is 5.91 Å². The van der Waals surface area contributed by atoms with Gasteiger partial charge in [-0.15, -0.1) is 10.2 Å². The molecule has 4 heterocycles. The Morgan fingerprint density at radius 3 is 2.89 bits per heavy atom. The summed E-state index contributed by atoms with van der Waals surface area (Å²) < 4.78 is 1.96. The summed E-state index contributed by atoms with van der Waals surface area (Å²) in [5, 5.41) is 11.6. The number of fused-ring (bicyclic) bond motifs is 1. The van der Waals surface area contributed by atoms with E-state index in [1.165, 1.54) is 0 Å². The van der Waals surface area contributed by atoms with Gasteiger partial charge in [0.25, 0.3) is 5.91 Å². The van der Waals surface area contributed by atoms with Crippen molar-refractivity contribution in [2.45, 2.75) is 38.8 Å². The van der Waals surface area contributed by atoms with Gasteiger partial charge in [0.15, 0.2) is 5.65 Å². The molecule has 3 aromatic heterocycles. The highest BCUT2D eigenvalue weighted by Crippen LogP contribution is 2.27. The van der Waals surface area contributed by atoms with Gasteiger partial charge in [-0.25, -0.2) is 0 Å². The molecule has 140 valence electrons. The highest BCUT2D eigenvalue weighted by molar-refractivity contribution is 5.94. The van der Waals surface area contributed by atoms with Gasteiger partial charge in [-0.3, -0.25) is 14.2 Å². The largest absolute Gasteiger partial charge is 0.346 e. The van der Waals surface area contributed by atoms with E-state index in [1.807, 2.05) is 34.9 Å². The number of hydrogen-bond donors (Lipinski definition) is 1. The van der Waals surface area contributed by atoms with Crippen LogP contribution < -0.4 is 5.32 Å². The summed E-state index contributed by atoms with van der Waals surface area (Å²) in [5.74, 6) is 1.15. The Hall–Kier alpha value is -2.80. The topological polar surface area (TPSA) is 75.4 Å². The number of pyridine rings is 2. The average molecular weight is 364 g/mol. The van der Waals surface area contributed by atoms with E-state index in [0.29, 0.717) is 24.1 Å². The van der Waals surface area contributed by atoms with Crippen LogP contribution in [0.4, 0.5) is 0 Å². The fourth-order valence-electron chi connectivity index (χ4n) is 3.56. The predicted octanol–water partition coefficient (Wildman–Crippen LogP) is 2.25. The molecule has 1 fully saturated rings. The maximum Gasteiger partial charge on any atom is 0.253 e. The van der Waals surface area contributed by atoms with Crippen LogP contribution in [0.5, 0.6) is 0 Å². The molecule has 7 nitrogen and oxygen atoms in total. The second-order valence-electron chi connectivity index (χ2n) is 7.28. The molecule has 1 amide bonds. The van der Waals surface area contributed by atoms with Crippen LogP contribution in [0, 0.1) is 0 Å². The standard InChI is InChI=1S/C20H24N6O/c1-14(2)25-10-8-15(12-25)19-24-23-18-7-6-16(13-26(18)19)20(27)22-11-17-5-3-4-9-21-17/h3-7,9,13-15H,8,10-12H2,1-2H3,(H,22,27). The summed E-state index contributed by atoms with van der Waals surface area (Å²) in [7, 11) is 0. The lowest BCUT2D eigenvalue weighted by Crippen LogP contribution is -2.28. The lowest BCUT2D eigenvalue weighted by atomic mass is 10.1. The Morgan fingerprint density at radius 1 is 1.26 bits per heavy atom. The zero-order valence-corrected chi connectivity index (χ0v) is 15.7. The number of amides is 1. The van der Waals surface area contributed by atoms with Crippen LogP contribution in [0.15, 0.2) is 42.7 Å². The van der Waals surface area contributed by atoms with Crippen LogP contribution in [-0.2, 0) is 6.54 Å². The first kappa shape index (κ1) is 17.6. The maximum atomic E-state index is 12.6. The lowest BCUT2D eigenvalue weighted by Gasteiger charge is -2.19. The summed E-state index contributed by atoms with van der Waals surface area (Å²) in [6.45, 7) is 6.89. The average Bonchev–Trinajstić information content (AvgIpc) is 3.33. The second-order valence-corrected chi connectivity index (χ2v) is 7.28. The van der Waals surface area contributed by atoms with E-state index in [4.69, 9.17) is 0 Å². The van der Waals surface area contributed by atoms with Crippen LogP contribution in [0.3, 0.4) is 0 Å². The van der Waals surface area contributed by atoms with Crippen molar-refractivity contribution in [3.8, 4) is 0 Å². The summed E-state index contributed by atoms with van der Waals surface area (Å²) in [4.78, 5) is 19.2. The van der Waals surface area contributed by atoms with E-state index in [2.05, 4.69) is 39.2 Å². The molecule has 0 saturated carbocycles. The van der Waals surface area contributed by atoms with Gasteiger partial charge in [-0.05, 0) is 51.1 Å². The first-order valence-electron chi connectivity index (χ1n) is 9.38. The number of carbonyl (C=O) groups excluding carboxylic acids is 1. The van der Waals surface area contributed by atoms with E-state index in [1.54, 1.807) is 12.3 Å². The number of nitrogens with zero attached hydrogens (tertiary/aromatic N) is 5. The molecule has 1 unspecified atom stereocenters. The van der Waals surface area contributed by atoms with Crippen LogP contribution in [0.25, 0.3) is 5.65 Å². The van der Waals surface area contributed by atoms with Gasteiger partial charge < -0.3 is 10.2 Å². The molecule has 1 atom stereocenters. The molecule has 7 heteroatoms. The van der Waals surface area contributed by atoms with Gasteiger partial charge in [0.05, 0.1) is 17.8 Å². The number of hydrogen-bond acceptors (Lipinski definition) is 5. The number of carbonyl (C=O) groups is 1. The highest BCUT2D eigenvalue weighted by Gasteiger charge is 2.29. The number of nitrogens with one attached hydrogen (secondary N) is 1. The Kier molecular flexibility index (Phi) is 4.85. The molecule has 1 aliphatic heterocycles. The minimum atomic E-state index is -0.127. The molecule has 0 aromatic carbocycles. The first-order chi connectivity index (χ1) is 13.1. The van der Waals surface area contributed by atoms with Gasteiger partial charge in [-0.2, -0.15) is 0 Å². The smallest absolute Gasteiger partial charge is 0.253 e. The minimum Gasteiger partial charge on any atom is -0.346 e. The van der Waals surface area contributed by atoms with Crippen LogP contribution in [-0.4, -0.2) is 49.5 Å². The highest BCUT2D eigenvalue weighted by atomic mass is 16.1. The zero-order chi connectivity index (χ0) is 18.8. The van der Waals surface area contributed by atoms with Crippen molar-refractivity contribution in [1.29, 1.82) is 0 Å². The fraction of sp³-hybridized carbons (Fsp3) is 0.400. The monoisotopic (exact) mass is 364 g/mol. The number of likely N-dealkylation sites (tertiary alicyclic amines) is 1. The van der Waals surface area contributed by atoms with Crippen molar-refractivity contribution in [2.75, 3.05) is 13.1 Å². The Morgan fingerprint density at radius 2 is 2.15 bits per heavy atom. The van der Waals surface area contributed by atoms with Crippen LogP contribution in [0.1, 0.15) is 48.1 Å². The summed E-state index contributed by atoms with van der Waals surface area (Å²) >= 11 is 0. The van der Waals surface area contributed by atoms with Gasteiger partial charge in [0, 0.05) is 30.9 Å². The third-order valence-corrected chi connectivity index (χ3v) is 5.16. The number of aromatic nitrogens is 4. The molecule has 1 saturated heterocycles. The molecule has 1 N–H and O–H groups in total. The van der Waals surface area contributed by atoms with E-state index in [0.717, 1.165) is 36.7 Å². The zero-order valence-electron chi connectivity index (χ0n) is 15.7. The third-order valence-electron chi connectivity index (χ3n) is 5.16. The second kappa shape index (κ2) is 7.44. The van der Waals surface area contributed by atoms with Crippen LogP contribution >= 0.6 is 0 Å². The minimum absolute atomic E-state index is 0.127. The maximum absolute atomic E-state index is 12.6. The fourth-order valence-corrected chi connectivity index (χ4v) is 3.56. The quantitative estimate of drug-likeness (QED) is 0.752. The molecule has 0 aliphatic carbocycles. The van der Waals surface area contributed by atoms with E-state index in [9.17, 15) is 4.79 Å². The SMILES string of the molecule is CC(C)N1CCC(c2nnc3ccc(C(=O)NCc4ccccn4)cn23)C1. The molecule has 27 heavy (non-hydrogen) atoms. The molecular weight excluding hydrogens is 340 g/mol. The Bertz CT molecular complexity index is 936. The number of rotatable bonds is 5. The third kappa shape index (κ3) is 3.68. The molecule has 0 bridgehead atoms. The molecular formula is C20H24N6O. The van der Waals surface area contributed by atoms with Crippen molar-refractivity contribution in [3.63, 3.8) is 0 Å². The van der Waals surface area contributed by atoms with Crippen molar-refractivity contribution in [2.24, 2.45) is 0 Å². The molecule has 4 rings (SSSR count). The molecule has 0 spiro atoms. The first-order valence-corrected chi connectivity index (χ1v) is 9.38. The van der Waals surface area contributed by atoms with Gasteiger partial charge in [-0.1, -0.05) is 6.07 Å². The van der Waals surface area contributed by atoms with Crippen molar-refractivity contribution < 1.29 is 4.79 Å². The van der Waals surface area contributed by atoms with Crippen LogP contribution in [0.2, 0.25) is 0 Å². The van der Waals surface area contributed by atoms with Crippen molar-refractivity contribution >= 4 is 11.6 Å². The Labute approximate surface area is 158 Å². The molecule has 3 aromatic rings. The van der Waals surface area contributed by atoms with E-state index < -0.39 is 0 Å². The molecule has 1 aliphatic rings. The predicted molar refractivity (Wildman–Crippen MR) is 102 cm³/mol.